The van der Waals surface area contributed by atoms with Crippen LogP contribution in [0.3, 0.4) is 0 Å². The monoisotopic (exact) mass is 854 g/mol. The van der Waals surface area contributed by atoms with Gasteiger partial charge >= 0.3 is 0 Å². The predicted molar refractivity (Wildman–Crippen MR) is 269 cm³/mol. The summed E-state index contributed by atoms with van der Waals surface area (Å²) in [5.74, 6) is 1.32. The van der Waals surface area contributed by atoms with Crippen LogP contribution in [0.4, 0.5) is 0 Å². The molecule has 0 aliphatic carbocycles. The molecule has 0 bridgehead atoms. The van der Waals surface area contributed by atoms with Gasteiger partial charge in [-0.1, -0.05) is 140 Å². The van der Waals surface area contributed by atoms with E-state index in [4.69, 9.17) is 15.0 Å². The minimum atomic E-state index is 0.415. The summed E-state index contributed by atoms with van der Waals surface area (Å²) in [7, 11) is 0. The molecule has 0 unspecified atom stereocenters. The first-order valence-corrected chi connectivity index (χ1v) is 22.1. The minimum absolute atomic E-state index is 0.415. The summed E-state index contributed by atoms with van der Waals surface area (Å²) in [4.78, 5) is 16.0. The topological polar surface area (TPSA) is 101 Å². The maximum absolute atomic E-state index is 10.5. The van der Waals surface area contributed by atoms with Crippen molar-refractivity contribution in [3.63, 3.8) is 0 Å². The second-order valence-electron chi connectivity index (χ2n) is 16.6. The molecule has 4 aromatic heterocycles. The Kier molecular flexibility index (Phi) is 8.48. The van der Waals surface area contributed by atoms with Crippen molar-refractivity contribution < 1.29 is 0 Å². The van der Waals surface area contributed by atoms with Crippen LogP contribution in [-0.2, 0) is 0 Å². The molecule has 0 fully saturated rings. The number of rotatable bonds is 6. The van der Waals surface area contributed by atoms with E-state index in [1.165, 1.54) is 0 Å². The van der Waals surface area contributed by atoms with E-state index in [9.17, 15) is 10.5 Å². The summed E-state index contributed by atoms with van der Waals surface area (Å²) in [6.07, 6.45) is 0. The van der Waals surface area contributed by atoms with Crippen LogP contribution < -0.4 is 0 Å². The largest absolute Gasteiger partial charge is 0.309 e. The van der Waals surface area contributed by atoms with E-state index in [0.717, 1.165) is 93.5 Å². The van der Waals surface area contributed by atoms with Crippen molar-refractivity contribution in [3.8, 4) is 63.4 Å². The van der Waals surface area contributed by atoms with Crippen LogP contribution in [-0.4, -0.2) is 28.7 Å². The van der Waals surface area contributed by atoms with Crippen molar-refractivity contribution in [3.05, 3.63) is 217 Å². The lowest BCUT2D eigenvalue weighted by Gasteiger charge is -2.16. The molecule has 9 aromatic carbocycles. The van der Waals surface area contributed by atoms with Gasteiger partial charge in [0.1, 0.15) is 0 Å². The normalized spacial score (nSPS) is 11.6. The highest BCUT2D eigenvalue weighted by atomic mass is 15.2. The zero-order valence-corrected chi connectivity index (χ0v) is 35.7. The smallest absolute Gasteiger partial charge is 0.238 e. The lowest BCUT2D eigenvalue weighted by Crippen LogP contribution is -2.08. The fraction of sp³-hybridized carbons (Fsp3) is 0. The van der Waals surface area contributed by atoms with E-state index >= 15 is 0 Å². The van der Waals surface area contributed by atoms with Crippen LogP contribution in [0.2, 0.25) is 0 Å². The van der Waals surface area contributed by atoms with Crippen molar-refractivity contribution in [2.75, 3.05) is 0 Å². The summed E-state index contributed by atoms with van der Waals surface area (Å²) in [6, 6.07) is 74.8. The van der Waals surface area contributed by atoms with E-state index in [1.54, 1.807) is 0 Å². The molecule has 13 aromatic rings. The summed E-state index contributed by atoms with van der Waals surface area (Å²) in [5.41, 5.74) is 12.3. The van der Waals surface area contributed by atoms with Gasteiger partial charge in [0.15, 0.2) is 11.6 Å². The van der Waals surface area contributed by atoms with Crippen LogP contribution in [0, 0.1) is 22.7 Å². The molecule has 0 radical (unpaired) electrons. The molecule has 310 valence electrons. The van der Waals surface area contributed by atoms with Gasteiger partial charge in [-0.15, -0.1) is 0 Å². The molecule has 8 nitrogen and oxygen atoms in total. The van der Waals surface area contributed by atoms with E-state index in [-0.39, 0.29) is 0 Å². The van der Waals surface area contributed by atoms with Crippen molar-refractivity contribution in [2.24, 2.45) is 0 Å². The fourth-order valence-electron chi connectivity index (χ4n) is 10.1. The molecule has 4 heterocycles. The third-order valence-electron chi connectivity index (χ3n) is 13.0. The Bertz CT molecular complexity index is 4180. The Morgan fingerprint density at radius 2 is 0.940 bits per heavy atom. The van der Waals surface area contributed by atoms with Crippen LogP contribution in [0.1, 0.15) is 11.1 Å². The van der Waals surface area contributed by atoms with Crippen LogP contribution in [0.5, 0.6) is 0 Å². The van der Waals surface area contributed by atoms with Gasteiger partial charge in [-0.25, -0.2) is 4.98 Å². The molecule has 0 saturated carbocycles. The van der Waals surface area contributed by atoms with Gasteiger partial charge < -0.3 is 9.13 Å². The predicted octanol–water partition coefficient (Wildman–Crippen LogP) is 13.9. The van der Waals surface area contributed by atoms with Gasteiger partial charge in [0.25, 0.3) is 0 Å². The number of hydrogen-bond donors (Lipinski definition) is 0. The molecular weight excluding hydrogens is 821 g/mol. The molecule has 0 atom stereocenters. The number of hydrogen-bond acceptors (Lipinski definition) is 5. The lowest BCUT2D eigenvalue weighted by molar-refractivity contribution is 0.951. The average molecular weight is 855 g/mol. The van der Waals surface area contributed by atoms with Gasteiger partial charge in [0.05, 0.1) is 62.1 Å². The molecule has 0 aliphatic heterocycles. The van der Waals surface area contributed by atoms with E-state index in [0.29, 0.717) is 34.3 Å². The molecule has 67 heavy (non-hydrogen) atoms. The Balaban J connectivity index is 1.12. The average Bonchev–Trinajstić information content (AvgIpc) is 4.04. The van der Waals surface area contributed by atoms with Crippen molar-refractivity contribution >= 4 is 65.4 Å². The summed E-state index contributed by atoms with van der Waals surface area (Å²) < 4.78 is 6.77. The number of nitriles is 2. The Labute approximate surface area is 383 Å². The van der Waals surface area contributed by atoms with Gasteiger partial charge in [0.2, 0.25) is 5.95 Å². The highest BCUT2D eigenvalue weighted by Gasteiger charge is 2.25. The van der Waals surface area contributed by atoms with E-state index < -0.39 is 0 Å². The van der Waals surface area contributed by atoms with E-state index in [1.807, 2.05) is 84.9 Å². The van der Waals surface area contributed by atoms with Gasteiger partial charge in [-0.3, -0.25) is 4.57 Å². The number of aromatic nitrogens is 6. The van der Waals surface area contributed by atoms with Crippen molar-refractivity contribution in [2.45, 2.75) is 0 Å². The Morgan fingerprint density at radius 1 is 0.373 bits per heavy atom. The standard InChI is InChI=1S/C59H34N8/c60-35-37-26-32-53(66-49-22-10-8-20-45(49)46-31-33-54-55(56(46)66)47-21-9-13-25-52(47)65(54)41-15-2-1-3-16-41)48(34-37)58-62-57(39-29-27-38(28-30-39)42-17-5-4-14-40(42)36-61)63-59(64-58)67-50-23-11-6-18-43(50)44-19-7-12-24-51(44)67/h1-34H. The first kappa shape index (κ1) is 37.9. The SMILES string of the molecule is N#Cc1ccc(-n2c3ccccc3c3ccc4c(c5ccccc5n4-c4ccccc4)c32)c(-c2nc(-c3ccc(-c4ccccc4C#N)cc3)nc(-n3c4ccccc4c4ccccc43)n2)c1. The summed E-state index contributed by atoms with van der Waals surface area (Å²) in [5, 5.41) is 27.1. The van der Waals surface area contributed by atoms with Gasteiger partial charge in [-0.2, -0.15) is 20.5 Å². The van der Waals surface area contributed by atoms with Crippen LogP contribution in [0.15, 0.2) is 206 Å². The molecule has 0 N–H and O–H groups in total. The van der Waals surface area contributed by atoms with Crippen LogP contribution >= 0.6 is 0 Å². The Morgan fingerprint density at radius 3 is 1.63 bits per heavy atom. The molecular formula is C59H34N8. The highest BCUT2D eigenvalue weighted by molar-refractivity contribution is 6.26. The maximum Gasteiger partial charge on any atom is 0.238 e. The molecule has 0 amide bonds. The van der Waals surface area contributed by atoms with E-state index in [2.05, 4.69) is 147 Å². The summed E-state index contributed by atoms with van der Waals surface area (Å²) in [6.45, 7) is 0. The molecule has 13 rings (SSSR count). The van der Waals surface area contributed by atoms with Gasteiger partial charge in [-0.05, 0) is 77.9 Å². The van der Waals surface area contributed by atoms with Crippen molar-refractivity contribution in [1.82, 2.24) is 28.7 Å². The minimum Gasteiger partial charge on any atom is -0.309 e. The quantitative estimate of drug-likeness (QED) is 0.166. The van der Waals surface area contributed by atoms with Crippen LogP contribution in [0.25, 0.3) is 117 Å². The van der Waals surface area contributed by atoms with Gasteiger partial charge in [0, 0.05) is 49.1 Å². The number of benzene rings is 9. The fourth-order valence-corrected chi connectivity index (χ4v) is 10.1. The Hall–Kier alpha value is -9.63. The van der Waals surface area contributed by atoms with Crippen molar-refractivity contribution in [1.29, 1.82) is 10.5 Å². The maximum atomic E-state index is 10.5. The lowest BCUT2D eigenvalue weighted by atomic mass is 9.99. The third kappa shape index (κ3) is 5.81. The highest BCUT2D eigenvalue weighted by Crippen LogP contribution is 2.44. The first-order chi connectivity index (χ1) is 33.2. The third-order valence-corrected chi connectivity index (χ3v) is 13.0. The zero-order valence-electron chi connectivity index (χ0n) is 35.7. The second kappa shape index (κ2) is 15.0. The molecule has 0 saturated heterocycles. The first-order valence-electron chi connectivity index (χ1n) is 22.1. The number of para-hydroxylation sites is 5. The second-order valence-corrected chi connectivity index (χ2v) is 16.6. The molecule has 8 heteroatoms. The number of nitrogens with zero attached hydrogens (tertiary/aromatic N) is 8. The summed E-state index contributed by atoms with van der Waals surface area (Å²) >= 11 is 0. The number of fused-ring (bicyclic) bond motifs is 10. The molecule has 0 aliphatic rings. The molecule has 0 spiro atoms. The zero-order chi connectivity index (χ0) is 44.6.